The van der Waals surface area contributed by atoms with E-state index in [4.69, 9.17) is 9.47 Å². The highest BCUT2D eigenvalue weighted by atomic mass is 16.6. The molecule has 1 unspecified atom stereocenters. The Morgan fingerprint density at radius 2 is 0.551 bits per heavy atom. The summed E-state index contributed by atoms with van der Waals surface area (Å²) in [6.07, 6.45) is 97.1. The minimum atomic E-state index is -0.780. The Hall–Kier alpha value is -3.18. The molecule has 5 nitrogen and oxygen atoms in total. The highest BCUT2D eigenvalue weighted by Gasteiger charge is 2.16. The number of esters is 2. The van der Waals surface area contributed by atoms with Crippen LogP contribution in [0.3, 0.4) is 0 Å². The van der Waals surface area contributed by atoms with E-state index < -0.39 is 6.10 Å². The molecule has 0 heterocycles. The van der Waals surface area contributed by atoms with Crippen molar-refractivity contribution in [2.75, 3.05) is 13.2 Å². The predicted molar refractivity (Wildman–Crippen MR) is 343 cm³/mol. The minimum Gasteiger partial charge on any atom is -0.462 e. The van der Waals surface area contributed by atoms with Gasteiger partial charge in [-0.15, -0.1) is 0 Å². The van der Waals surface area contributed by atoms with Crippen LogP contribution in [0.5, 0.6) is 0 Å². The van der Waals surface area contributed by atoms with E-state index in [9.17, 15) is 14.7 Å². The quantitative estimate of drug-likeness (QED) is 0.0373. The molecule has 5 heteroatoms. The zero-order valence-electron chi connectivity index (χ0n) is 51.7. The van der Waals surface area contributed by atoms with Crippen LogP contribution in [0.4, 0.5) is 0 Å². The van der Waals surface area contributed by atoms with Crippen LogP contribution in [0.15, 0.2) is 97.2 Å². The first-order chi connectivity index (χ1) is 38.6. The van der Waals surface area contributed by atoms with Gasteiger partial charge in [0.15, 0.2) is 6.10 Å². The molecule has 0 aromatic carbocycles. The number of hydrogen-bond donors (Lipinski definition) is 1. The SMILES string of the molecule is CC/C=C\C/C=C\C/C=C\C/C=C\C/C=C\C/C=C\CCCCCCCCCCCCC(=O)OC(CO)COC(=O)CCCCCCCCCCCCCCCCCCCCCCCCC/C=C\C/C=C\CCCCCCC. The summed E-state index contributed by atoms with van der Waals surface area (Å²) in [6.45, 7) is 4.05. The van der Waals surface area contributed by atoms with Gasteiger partial charge in [-0.2, -0.15) is 0 Å². The van der Waals surface area contributed by atoms with Crippen LogP contribution in [-0.4, -0.2) is 36.4 Å². The van der Waals surface area contributed by atoms with Crippen LogP contribution in [0.2, 0.25) is 0 Å². The molecule has 0 aliphatic heterocycles. The molecule has 0 aliphatic rings. The first-order valence-electron chi connectivity index (χ1n) is 33.8. The lowest BCUT2D eigenvalue weighted by molar-refractivity contribution is -0.161. The fourth-order valence-corrected chi connectivity index (χ4v) is 9.83. The van der Waals surface area contributed by atoms with Crippen molar-refractivity contribution in [1.29, 1.82) is 0 Å². The van der Waals surface area contributed by atoms with Gasteiger partial charge in [-0.1, -0.05) is 323 Å². The summed E-state index contributed by atoms with van der Waals surface area (Å²) in [5.74, 6) is -0.585. The van der Waals surface area contributed by atoms with Gasteiger partial charge < -0.3 is 14.6 Å². The number of hydrogen-bond acceptors (Lipinski definition) is 5. The summed E-state index contributed by atoms with van der Waals surface area (Å²) in [5, 5.41) is 9.69. The number of carbonyl (C=O) groups is 2. The van der Waals surface area contributed by atoms with Crippen molar-refractivity contribution in [3.05, 3.63) is 97.2 Å². The maximum atomic E-state index is 12.4. The van der Waals surface area contributed by atoms with Crippen molar-refractivity contribution in [2.45, 2.75) is 341 Å². The van der Waals surface area contributed by atoms with Crippen molar-refractivity contribution >= 4 is 11.9 Å². The summed E-state index contributed by atoms with van der Waals surface area (Å²) >= 11 is 0. The third kappa shape index (κ3) is 65.3. The highest BCUT2D eigenvalue weighted by molar-refractivity contribution is 5.70. The van der Waals surface area contributed by atoms with Crippen LogP contribution in [0.25, 0.3) is 0 Å². The average molecular weight is 1090 g/mol. The Labute approximate surface area is 485 Å². The zero-order valence-corrected chi connectivity index (χ0v) is 51.7. The molecule has 0 aromatic rings. The van der Waals surface area contributed by atoms with Crippen LogP contribution in [-0.2, 0) is 19.1 Å². The van der Waals surface area contributed by atoms with Gasteiger partial charge in [0.1, 0.15) is 6.61 Å². The molecule has 0 fully saturated rings. The van der Waals surface area contributed by atoms with Crippen molar-refractivity contribution in [3.63, 3.8) is 0 Å². The first-order valence-corrected chi connectivity index (χ1v) is 33.8. The Balaban J connectivity index is 3.45. The Morgan fingerprint density at radius 3 is 0.833 bits per heavy atom. The van der Waals surface area contributed by atoms with Crippen LogP contribution < -0.4 is 0 Å². The molecule has 0 radical (unpaired) electrons. The van der Waals surface area contributed by atoms with Crippen molar-refractivity contribution in [2.24, 2.45) is 0 Å². The molecule has 450 valence electrons. The van der Waals surface area contributed by atoms with E-state index >= 15 is 0 Å². The lowest BCUT2D eigenvalue weighted by Gasteiger charge is -2.15. The number of allylic oxidation sites excluding steroid dienone is 16. The molecule has 0 aliphatic carbocycles. The largest absolute Gasteiger partial charge is 0.462 e. The normalized spacial score (nSPS) is 12.8. The first kappa shape index (κ1) is 74.8. The van der Waals surface area contributed by atoms with E-state index in [-0.39, 0.29) is 25.2 Å². The van der Waals surface area contributed by atoms with Crippen molar-refractivity contribution in [1.82, 2.24) is 0 Å². The molecular formula is C73H128O5. The van der Waals surface area contributed by atoms with E-state index in [1.54, 1.807) is 0 Å². The molecular weight excluding hydrogens is 957 g/mol. The molecule has 0 saturated heterocycles. The molecule has 78 heavy (non-hydrogen) atoms. The van der Waals surface area contributed by atoms with Crippen LogP contribution in [0.1, 0.15) is 335 Å². The zero-order chi connectivity index (χ0) is 56.2. The Morgan fingerprint density at radius 1 is 0.308 bits per heavy atom. The molecule has 0 amide bonds. The smallest absolute Gasteiger partial charge is 0.306 e. The highest BCUT2D eigenvalue weighted by Crippen LogP contribution is 2.18. The van der Waals surface area contributed by atoms with E-state index in [1.165, 1.54) is 225 Å². The molecule has 0 spiro atoms. The minimum absolute atomic E-state index is 0.0683. The van der Waals surface area contributed by atoms with E-state index in [1.807, 2.05) is 0 Å². The van der Waals surface area contributed by atoms with Crippen LogP contribution in [0, 0.1) is 0 Å². The Bertz CT molecular complexity index is 1460. The van der Waals surface area contributed by atoms with Gasteiger partial charge in [0.05, 0.1) is 6.61 Å². The van der Waals surface area contributed by atoms with Gasteiger partial charge in [-0.05, 0) is 96.3 Å². The maximum absolute atomic E-state index is 12.4. The average Bonchev–Trinajstić information content (AvgIpc) is 3.44. The van der Waals surface area contributed by atoms with Gasteiger partial charge in [0.2, 0.25) is 0 Å². The lowest BCUT2D eigenvalue weighted by atomic mass is 10.0. The second-order valence-corrected chi connectivity index (χ2v) is 22.5. The number of rotatable bonds is 62. The predicted octanol–water partition coefficient (Wildman–Crippen LogP) is 23.4. The summed E-state index contributed by atoms with van der Waals surface area (Å²) in [5.41, 5.74) is 0. The summed E-state index contributed by atoms with van der Waals surface area (Å²) in [6, 6.07) is 0. The van der Waals surface area contributed by atoms with Gasteiger partial charge in [0.25, 0.3) is 0 Å². The maximum Gasteiger partial charge on any atom is 0.306 e. The number of ether oxygens (including phenoxy) is 2. The monoisotopic (exact) mass is 1080 g/mol. The fraction of sp³-hybridized carbons (Fsp3) is 0.753. The second kappa shape index (κ2) is 68.1. The molecule has 0 rings (SSSR count). The number of aliphatic hydroxyl groups is 1. The van der Waals surface area contributed by atoms with E-state index in [0.717, 1.165) is 83.5 Å². The topological polar surface area (TPSA) is 72.8 Å². The van der Waals surface area contributed by atoms with Gasteiger partial charge in [0, 0.05) is 12.8 Å². The van der Waals surface area contributed by atoms with E-state index in [2.05, 4.69) is 111 Å². The summed E-state index contributed by atoms with van der Waals surface area (Å²) < 4.78 is 10.8. The second-order valence-electron chi connectivity index (χ2n) is 22.5. The summed E-state index contributed by atoms with van der Waals surface area (Å²) in [7, 11) is 0. The number of unbranched alkanes of at least 4 members (excludes halogenated alkanes) is 38. The fourth-order valence-electron chi connectivity index (χ4n) is 9.83. The standard InChI is InChI=1S/C73H128O5/c1-3-5-7-9-11-13-15-17-19-21-23-25-27-29-31-33-34-35-36-37-38-40-41-43-45-47-49-51-53-55-57-59-61-63-65-67-72(75)77-70-71(69-74)78-73(76)68-66-64-62-60-58-56-54-52-50-48-46-44-42-39-32-30-28-26-24-22-20-18-16-14-12-10-8-6-4-2/h6,8,12,14-15,17-18,20-21,23-24,26,30,32,42,44,71,74H,3-5,7,9-11,13,16,19,22,25,27-29,31,33-41,43,45-70H2,1-2H3/b8-6-,14-12-,17-15-,20-18-,23-21-,26-24-,32-30-,44-42-. The molecule has 0 saturated carbocycles. The summed E-state index contributed by atoms with van der Waals surface area (Å²) in [4.78, 5) is 24.6. The molecule has 0 aromatic heterocycles. The molecule has 1 N–H and O–H groups in total. The van der Waals surface area contributed by atoms with Gasteiger partial charge in [-0.25, -0.2) is 0 Å². The van der Waals surface area contributed by atoms with Gasteiger partial charge >= 0.3 is 11.9 Å². The third-order valence-corrected chi connectivity index (χ3v) is 14.9. The third-order valence-electron chi connectivity index (χ3n) is 14.9. The van der Waals surface area contributed by atoms with E-state index in [0.29, 0.717) is 12.8 Å². The number of carbonyl (C=O) groups excluding carboxylic acids is 2. The van der Waals surface area contributed by atoms with Gasteiger partial charge in [-0.3, -0.25) is 9.59 Å². The van der Waals surface area contributed by atoms with Crippen LogP contribution >= 0.6 is 0 Å². The van der Waals surface area contributed by atoms with Crippen molar-refractivity contribution < 1.29 is 24.2 Å². The Kier molecular flexibility index (Phi) is 65.3. The number of aliphatic hydroxyl groups excluding tert-OH is 1. The van der Waals surface area contributed by atoms with Crippen molar-refractivity contribution in [3.8, 4) is 0 Å². The molecule has 1 atom stereocenters. The molecule has 0 bridgehead atoms. The lowest BCUT2D eigenvalue weighted by Crippen LogP contribution is -2.28.